The summed E-state index contributed by atoms with van der Waals surface area (Å²) in [4.78, 5) is 19.0. The lowest BCUT2D eigenvalue weighted by atomic mass is 10.2. The predicted molar refractivity (Wildman–Crippen MR) is 91.7 cm³/mol. The van der Waals surface area contributed by atoms with Gasteiger partial charge in [0.1, 0.15) is 11.5 Å². The molecule has 0 aliphatic carbocycles. The van der Waals surface area contributed by atoms with Gasteiger partial charge in [0.05, 0.1) is 36.5 Å². The van der Waals surface area contributed by atoms with Gasteiger partial charge in [0, 0.05) is 25.7 Å². The minimum absolute atomic E-state index is 0.101. The fourth-order valence-corrected chi connectivity index (χ4v) is 2.32. The Bertz CT molecular complexity index is 731. The summed E-state index contributed by atoms with van der Waals surface area (Å²) in [6.45, 7) is 4.97. The van der Waals surface area contributed by atoms with E-state index >= 15 is 0 Å². The van der Waals surface area contributed by atoms with E-state index in [1.165, 1.54) is 12.4 Å². The van der Waals surface area contributed by atoms with Gasteiger partial charge in [-0.25, -0.2) is 9.97 Å². The summed E-state index contributed by atoms with van der Waals surface area (Å²) in [5.41, 5.74) is 6.88. The monoisotopic (exact) mass is 344 g/mol. The Labute approximate surface area is 144 Å². The highest BCUT2D eigenvalue weighted by Crippen LogP contribution is 2.18. The molecule has 1 fully saturated rings. The number of carbonyl (C=O) groups excluding carboxylic acids is 1. The molecule has 0 saturated carbocycles. The quantitative estimate of drug-likeness (QED) is 0.561. The SMILES string of the molecule is Cc1nnc(Nc2cnc(C(N)=O)cn2)cc1NC[C@H]1CNCCO1. The Morgan fingerprint density at radius 3 is 2.92 bits per heavy atom. The lowest BCUT2D eigenvalue weighted by molar-refractivity contribution is 0.0372. The highest BCUT2D eigenvalue weighted by atomic mass is 16.5. The molecular formula is C15H20N8O2. The number of aromatic nitrogens is 4. The molecule has 10 nitrogen and oxygen atoms in total. The molecule has 5 N–H and O–H groups in total. The number of morpholine rings is 1. The number of ether oxygens (including phenoxy) is 1. The van der Waals surface area contributed by atoms with Gasteiger partial charge in [-0.1, -0.05) is 0 Å². The van der Waals surface area contributed by atoms with Crippen LogP contribution in [-0.4, -0.2) is 58.4 Å². The van der Waals surface area contributed by atoms with Crippen molar-refractivity contribution in [3.8, 4) is 0 Å². The van der Waals surface area contributed by atoms with Crippen molar-refractivity contribution in [2.24, 2.45) is 5.73 Å². The smallest absolute Gasteiger partial charge is 0.268 e. The van der Waals surface area contributed by atoms with Gasteiger partial charge in [-0.3, -0.25) is 4.79 Å². The van der Waals surface area contributed by atoms with Crippen LogP contribution in [0.3, 0.4) is 0 Å². The van der Waals surface area contributed by atoms with Gasteiger partial charge in [-0.15, -0.1) is 5.10 Å². The van der Waals surface area contributed by atoms with E-state index in [1.807, 2.05) is 13.0 Å². The lowest BCUT2D eigenvalue weighted by Crippen LogP contribution is -2.42. The molecular weight excluding hydrogens is 324 g/mol. The molecule has 0 bridgehead atoms. The highest BCUT2D eigenvalue weighted by Gasteiger charge is 2.14. The third kappa shape index (κ3) is 4.58. The number of carbonyl (C=O) groups is 1. The molecule has 1 amide bonds. The summed E-state index contributed by atoms with van der Waals surface area (Å²) in [5.74, 6) is 0.325. The lowest BCUT2D eigenvalue weighted by Gasteiger charge is -2.24. The van der Waals surface area contributed by atoms with Crippen LogP contribution in [0.2, 0.25) is 0 Å². The molecule has 0 unspecified atom stereocenters. The first kappa shape index (κ1) is 17.0. The average molecular weight is 344 g/mol. The first-order valence-corrected chi connectivity index (χ1v) is 7.91. The topological polar surface area (TPSA) is 140 Å². The molecule has 10 heteroatoms. The van der Waals surface area contributed by atoms with Gasteiger partial charge in [-0.2, -0.15) is 5.10 Å². The van der Waals surface area contributed by atoms with Crippen LogP contribution in [0.25, 0.3) is 0 Å². The number of nitrogens with zero attached hydrogens (tertiary/aromatic N) is 4. The summed E-state index contributed by atoms with van der Waals surface area (Å²) in [7, 11) is 0. The van der Waals surface area contributed by atoms with Crippen LogP contribution in [0, 0.1) is 6.92 Å². The van der Waals surface area contributed by atoms with Crippen molar-refractivity contribution < 1.29 is 9.53 Å². The number of primary amides is 1. The number of hydrogen-bond donors (Lipinski definition) is 4. The average Bonchev–Trinajstić information content (AvgIpc) is 2.63. The van der Waals surface area contributed by atoms with E-state index in [4.69, 9.17) is 10.5 Å². The second kappa shape index (κ2) is 7.81. The summed E-state index contributed by atoms with van der Waals surface area (Å²) in [5, 5.41) is 17.8. The third-order valence-corrected chi connectivity index (χ3v) is 3.66. The maximum atomic E-state index is 11.0. The fourth-order valence-electron chi connectivity index (χ4n) is 2.32. The van der Waals surface area contributed by atoms with Gasteiger partial charge in [0.15, 0.2) is 5.82 Å². The molecule has 132 valence electrons. The summed E-state index contributed by atoms with van der Waals surface area (Å²) in [6, 6.07) is 1.84. The Hall–Kier alpha value is -2.85. The minimum Gasteiger partial charge on any atom is -0.381 e. The molecule has 1 aliphatic heterocycles. The Morgan fingerprint density at radius 2 is 2.24 bits per heavy atom. The number of hydrogen-bond acceptors (Lipinski definition) is 9. The normalized spacial score (nSPS) is 17.1. The van der Waals surface area contributed by atoms with Crippen LogP contribution in [-0.2, 0) is 4.74 Å². The number of anilines is 3. The van der Waals surface area contributed by atoms with Crippen molar-refractivity contribution >= 4 is 23.2 Å². The number of aryl methyl sites for hydroxylation is 1. The van der Waals surface area contributed by atoms with E-state index in [0.717, 1.165) is 24.5 Å². The Kier molecular flexibility index (Phi) is 5.31. The van der Waals surface area contributed by atoms with Gasteiger partial charge < -0.3 is 26.4 Å². The molecule has 1 saturated heterocycles. The molecule has 0 radical (unpaired) electrons. The van der Waals surface area contributed by atoms with Crippen LogP contribution < -0.4 is 21.7 Å². The number of amides is 1. The van der Waals surface area contributed by atoms with E-state index in [1.54, 1.807) is 0 Å². The van der Waals surface area contributed by atoms with Gasteiger partial charge in [0.2, 0.25) is 0 Å². The fraction of sp³-hybridized carbons (Fsp3) is 0.400. The molecule has 3 heterocycles. The first-order chi connectivity index (χ1) is 12.1. The summed E-state index contributed by atoms with van der Waals surface area (Å²) < 4.78 is 5.66. The van der Waals surface area contributed by atoms with Crippen molar-refractivity contribution in [3.05, 3.63) is 29.8 Å². The molecule has 25 heavy (non-hydrogen) atoms. The predicted octanol–water partition coefficient (Wildman–Crippen LogP) is -0.182. The minimum atomic E-state index is -0.625. The van der Waals surface area contributed by atoms with Gasteiger partial charge in [-0.05, 0) is 6.92 Å². The van der Waals surface area contributed by atoms with Crippen molar-refractivity contribution in [3.63, 3.8) is 0 Å². The number of rotatable bonds is 6. The van der Waals surface area contributed by atoms with Crippen molar-refractivity contribution in [2.75, 3.05) is 36.9 Å². The van der Waals surface area contributed by atoms with Crippen LogP contribution in [0.15, 0.2) is 18.5 Å². The molecule has 0 spiro atoms. The number of nitrogens with one attached hydrogen (secondary N) is 3. The molecule has 2 aromatic rings. The van der Waals surface area contributed by atoms with Crippen LogP contribution >= 0.6 is 0 Å². The third-order valence-electron chi connectivity index (χ3n) is 3.66. The van der Waals surface area contributed by atoms with E-state index in [0.29, 0.717) is 24.8 Å². The summed E-state index contributed by atoms with van der Waals surface area (Å²) >= 11 is 0. The van der Waals surface area contributed by atoms with Crippen LogP contribution in [0.5, 0.6) is 0 Å². The van der Waals surface area contributed by atoms with Crippen molar-refractivity contribution in [2.45, 2.75) is 13.0 Å². The molecule has 1 aliphatic rings. The highest BCUT2D eigenvalue weighted by molar-refractivity contribution is 5.90. The molecule has 3 rings (SSSR count). The van der Waals surface area contributed by atoms with Crippen molar-refractivity contribution in [1.29, 1.82) is 0 Å². The standard InChI is InChI=1S/C15H20N8O2/c1-9-11(18-6-10-5-17-2-3-25-10)4-13(23-22-9)21-14-8-19-12(7-20-14)15(16)24/h4,7-8,10,17H,2-3,5-6H2,1H3,(H2,16,24)(H2,18,20,21,23)/t10-/m1/s1. The first-order valence-electron chi connectivity index (χ1n) is 7.91. The Balaban J connectivity index is 1.64. The van der Waals surface area contributed by atoms with E-state index < -0.39 is 5.91 Å². The zero-order chi connectivity index (χ0) is 17.6. The zero-order valence-electron chi connectivity index (χ0n) is 13.8. The largest absolute Gasteiger partial charge is 0.381 e. The van der Waals surface area contributed by atoms with E-state index in [9.17, 15) is 4.79 Å². The maximum absolute atomic E-state index is 11.0. The second-order valence-corrected chi connectivity index (χ2v) is 5.58. The van der Waals surface area contributed by atoms with E-state index in [-0.39, 0.29) is 11.8 Å². The Morgan fingerprint density at radius 1 is 1.36 bits per heavy atom. The van der Waals surface area contributed by atoms with Gasteiger partial charge >= 0.3 is 0 Å². The second-order valence-electron chi connectivity index (χ2n) is 5.58. The molecule has 2 aromatic heterocycles. The zero-order valence-corrected chi connectivity index (χ0v) is 13.8. The summed E-state index contributed by atoms with van der Waals surface area (Å²) in [6.07, 6.45) is 2.83. The van der Waals surface area contributed by atoms with Crippen molar-refractivity contribution in [1.82, 2.24) is 25.5 Å². The number of nitrogens with two attached hydrogens (primary N) is 1. The van der Waals surface area contributed by atoms with Crippen LogP contribution in [0.1, 0.15) is 16.2 Å². The molecule has 0 aromatic carbocycles. The van der Waals surface area contributed by atoms with Gasteiger partial charge in [0.25, 0.3) is 5.91 Å². The van der Waals surface area contributed by atoms with Crippen LogP contribution in [0.4, 0.5) is 17.3 Å². The molecule has 1 atom stereocenters. The maximum Gasteiger partial charge on any atom is 0.268 e. The van der Waals surface area contributed by atoms with E-state index in [2.05, 4.69) is 36.1 Å².